The first kappa shape index (κ1) is 17.5. The maximum absolute atomic E-state index is 5.82. The van der Waals surface area contributed by atoms with Crippen LogP contribution in [0.4, 0.5) is 0 Å². The third kappa shape index (κ3) is 4.55. The molecule has 0 amide bonds. The van der Waals surface area contributed by atoms with Gasteiger partial charge in [0.2, 0.25) is 0 Å². The summed E-state index contributed by atoms with van der Waals surface area (Å²) in [6, 6.07) is 6.52. The quantitative estimate of drug-likeness (QED) is 0.595. The number of nitrogens with two attached hydrogens (primary N) is 1. The minimum Gasteiger partial charge on any atom is -0.496 e. The van der Waals surface area contributed by atoms with Gasteiger partial charge in [-0.05, 0) is 40.0 Å². The van der Waals surface area contributed by atoms with Crippen LogP contribution < -0.4 is 16.0 Å². The van der Waals surface area contributed by atoms with Crippen molar-refractivity contribution in [1.29, 1.82) is 0 Å². The van der Waals surface area contributed by atoms with Gasteiger partial charge in [0.15, 0.2) is 0 Å². The fourth-order valence-corrected chi connectivity index (χ4v) is 6.11. The number of ether oxygens (including phenoxy) is 1. The van der Waals surface area contributed by atoms with Crippen LogP contribution in [-0.4, -0.2) is 34.7 Å². The molecule has 1 aromatic rings. The lowest BCUT2D eigenvalue weighted by Crippen LogP contribution is -2.47. The zero-order valence-electron chi connectivity index (χ0n) is 12.6. The molecule has 0 saturated carbocycles. The highest BCUT2D eigenvalue weighted by Crippen LogP contribution is 2.37. The lowest BCUT2D eigenvalue weighted by atomic mass is 10.0. The molecule has 1 fully saturated rings. The van der Waals surface area contributed by atoms with Crippen molar-refractivity contribution >= 4 is 39.5 Å². The highest BCUT2D eigenvalue weighted by molar-refractivity contribution is 9.10. The van der Waals surface area contributed by atoms with Crippen LogP contribution in [0.5, 0.6) is 5.75 Å². The summed E-state index contributed by atoms with van der Waals surface area (Å²) < 4.78 is 6.27. The van der Waals surface area contributed by atoms with Crippen molar-refractivity contribution in [3.8, 4) is 5.75 Å². The normalized spacial score (nSPS) is 27.4. The predicted molar refractivity (Wildman–Crippen MR) is 98.3 cm³/mol. The van der Waals surface area contributed by atoms with E-state index in [0.717, 1.165) is 27.6 Å². The Labute approximate surface area is 144 Å². The van der Waals surface area contributed by atoms with Crippen LogP contribution >= 0.6 is 39.5 Å². The Morgan fingerprint density at radius 1 is 1.43 bits per heavy atom. The van der Waals surface area contributed by atoms with E-state index in [-0.39, 0.29) is 6.04 Å². The monoisotopic (exact) mass is 390 g/mol. The van der Waals surface area contributed by atoms with Crippen LogP contribution in [0.3, 0.4) is 0 Å². The van der Waals surface area contributed by atoms with E-state index in [1.54, 1.807) is 7.11 Å². The Hall–Kier alpha value is 0.120. The van der Waals surface area contributed by atoms with E-state index in [4.69, 9.17) is 10.6 Å². The molecule has 6 heteroatoms. The van der Waals surface area contributed by atoms with Crippen molar-refractivity contribution in [2.24, 2.45) is 5.84 Å². The number of halogens is 1. The second kappa shape index (κ2) is 8.11. The van der Waals surface area contributed by atoms with Gasteiger partial charge < -0.3 is 4.74 Å². The number of benzene rings is 1. The molecule has 1 saturated heterocycles. The number of hydrazine groups is 1. The molecular formula is C15H23BrN2OS2. The van der Waals surface area contributed by atoms with Crippen LogP contribution in [0.25, 0.3) is 0 Å². The number of thioether (sulfide) groups is 2. The average molecular weight is 391 g/mol. The topological polar surface area (TPSA) is 47.3 Å². The third-order valence-corrected chi connectivity index (χ3v) is 8.08. The van der Waals surface area contributed by atoms with Crippen molar-refractivity contribution in [3.05, 3.63) is 28.2 Å². The maximum Gasteiger partial charge on any atom is 0.133 e. The number of nitrogens with one attached hydrogen (secondary N) is 1. The van der Waals surface area contributed by atoms with Gasteiger partial charge in [0, 0.05) is 27.5 Å². The lowest BCUT2D eigenvalue weighted by Gasteiger charge is -2.35. The summed E-state index contributed by atoms with van der Waals surface area (Å²) in [7, 11) is 1.68. The van der Waals surface area contributed by atoms with E-state index < -0.39 is 0 Å². The first-order chi connectivity index (χ1) is 10.0. The minimum atomic E-state index is 0.290. The molecule has 3 N–H and O–H groups in total. The van der Waals surface area contributed by atoms with E-state index in [0.29, 0.717) is 10.5 Å². The Bertz CT molecular complexity index is 475. The molecule has 0 radical (unpaired) electrons. The number of hydrogen-bond acceptors (Lipinski definition) is 5. The highest BCUT2D eigenvalue weighted by atomic mass is 79.9. The molecule has 3 nitrogen and oxygen atoms in total. The van der Waals surface area contributed by atoms with E-state index in [1.165, 1.54) is 5.56 Å². The molecular weight excluding hydrogens is 368 g/mol. The molecule has 1 aliphatic rings. The van der Waals surface area contributed by atoms with Crippen molar-refractivity contribution in [3.63, 3.8) is 0 Å². The van der Waals surface area contributed by atoms with Gasteiger partial charge in [-0.2, -0.15) is 23.5 Å². The Kier molecular flexibility index (Phi) is 6.75. The molecule has 1 heterocycles. The summed E-state index contributed by atoms with van der Waals surface area (Å²) >= 11 is 7.66. The fourth-order valence-electron chi connectivity index (χ4n) is 2.41. The van der Waals surface area contributed by atoms with Crippen molar-refractivity contribution in [2.75, 3.05) is 12.9 Å². The maximum atomic E-state index is 5.82. The standard InChI is InChI=1S/C15H23BrN2OS2/c1-9-10(2)21-15(8-20-9)13(18-17)7-11-4-5-14(19-3)12(16)6-11/h4-6,9-10,13,15,18H,7-8,17H2,1-3H3. The first-order valence-corrected chi connectivity index (χ1v) is 9.89. The molecule has 21 heavy (non-hydrogen) atoms. The van der Waals surface area contributed by atoms with E-state index in [2.05, 4.69) is 70.9 Å². The SMILES string of the molecule is COc1ccc(CC(NN)C2CSC(C)C(C)S2)cc1Br. The van der Waals surface area contributed by atoms with E-state index >= 15 is 0 Å². The van der Waals surface area contributed by atoms with Crippen molar-refractivity contribution in [2.45, 2.75) is 42.1 Å². The minimum absolute atomic E-state index is 0.290. The molecule has 0 bridgehead atoms. The number of methoxy groups -OCH3 is 1. The van der Waals surface area contributed by atoms with Crippen LogP contribution in [-0.2, 0) is 6.42 Å². The van der Waals surface area contributed by atoms with E-state index in [1.807, 2.05) is 6.07 Å². The molecule has 1 aromatic carbocycles. The molecule has 2 rings (SSSR count). The number of rotatable bonds is 5. The molecule has 4 unspecified atom stereocenters. The first-order valence-electron chi connectivity index (χ1n) is 7.10. The Morgan fingerprint density at radius 3 is 2.76 bits per heavy atom. The van der Waals surface area contributed by atoms with Gasteiger partial charge in [-0.25, -0.2) is 0 Å². The molecule has 0 aliphatic carbocycles. The van der Waals surface area contributed by atoms with Crippen LogP contribution in [0, 0.1) is 0 Å². The zero-order valence-corrected chi connectivity index (χ0v) is 15.9. The van der Waals surface area contributed by atoms with Gasteiger partial charge in [-0.1, -0.05) is 19.9 Å². The highest BCUT2D eigenvalue weighted by Gasteiger charge is 2.30. The summed E-state index contributed by atoms with van der Waals surface area (Å²) in [6.07, 6.45) is 0.929. The summed E-state index contributed by atoms with van der Waals surface area (Å²) in [4.78, 5) is 0. The Morgan fingerprint density at radius 2 is 2.19 bits per heavy atom. The number of hydrogen-bond donors (Lipinski definition) is 2. The summed E-state index contributed by atoms with van der Waals surface area (Å²) in [6.45, 7) is 4.62. The molecule has 0 spiro atoms. The van der Waals surface area contributed by atoms with Crippen LogP contribution in [0.15, 0.2) is 22.7 Å². The van der Waals surface area contributed by atoms with Crippen LogP contribution in [0.1, 0.15) is 19.4 Å². The second-order valence-corrected chi connectivity index (χ2v) is 9.25. The molecule has 1 aliphatic heterocycles. The van der Waals surface area contributed by atoms with Gasteiger partial charge in [0.1, 0.15) is 5.75 Å². The van der Waals surface area contributed by atoms with Gasteiger partial charge >= 0.3 is 0 Å². The van der Waals surface area contributed by atoms with Gasteiger partial charge in [-0.3, -0.25) is 11.3 Å². The van der Waals surface area contributed by atoms with E-state index in [9.17, 15) is 0 Å². The third-order valence-electron chi connectivity index (χ3n) is 3.91. The Balaban J connectivity index is 2.03. The molecule has 0 aromatic heterocycles. The second-order valence-electron chi connectivity index (χ2n) is 5.36. The lowest BCUT2D eigenvalue weighted by molar-refractivity contribution is 0.412. The zero-order chi connectivity index (χ0) is 15.4. The van der Waals surface area contributed by atoms with Gasteiger partial charge in [-0.15, -0.1) is 0 Å². The molecule has 4 atom stereocenters. The summed E-state index contributed by atoms with van der Waals surface area (Å²) in [5.41, 5.74) is 4.29. The van der Waals surface area contributed by atoms with Crippen molar-refractivity contribution < 1.29 is 4.74 Å². The van der Waals surface area contributed by atoms with Gasteiger partial charge in [0.25, 0.3) is 0 Å². The summed E-state index contributed by atoms with van der Waals surface area (Å²) in [5, 5.41) is 1.94. The molecule has 118 valence electrons. The predicted octanol–water partition coefficient (Wildman–Crippen LogP) is 3.46. The summed E-state index contributed by atoms with van der Waals surface area (Å²) in [5.74, 6) is 7.83. The van der Waals surface area contributed by atoms with Gasteiger partial charge in [0.05, 0.1) is 11.6 Å². The largest absolute Gasteiger partial charge is 0.496 e. The van der Waals surface area contributed by atoms with Crippen LogP contribution in [0.2, 0.25) is 0 Å². The smallest absolute Gasteiger partial charge is 0.133 e. The van der Waals surface area contributed by atoms with Crippen molar-refractivity contribution in [1.82, 2.24) is 5.43 Å². The average Bonchev–Trinajstić information content (AvgIpc) is 2.48. The fraction of sp³-hybridized carbons (Fsp3) is 0.600.